The zero-order valence-electron chi connectivity index (χ0n) is 9.95. The Hall–Kier alpha value is -1.06. The molecule has 1 heterocycles. The van der Waals surface area contributed by atoms with Crippen molar-refractivity contribution in [3.05, 3.63) is 0 Å². The lowest BCUT2D eigenvalue weighted by atomic mass is 10.0. The first-order chi connectivity index (χ1) is 7.59. The first-order valence-corrected chi connectivity index (χ1v) is 6.09. The number of rotatable bonds is 4. The van der Waals surface area contributed by atoms with Gasteiger partial charge in [-0.3, -0.25) is 9.59 Å². The third kappa shape index (κ3) is 4.64. The van der Waals surface area contributed by atoms with Crippen LogP contribution in [0.2, 0.25) is 0 Å². The largest absolute Gasteiger partial charge is 0.481 e. The van der Waals surface area contributed by atoms with Gasteiger partial charge < -0.3 is 10.0 Å². The Morgan fingerprint density at radius 3 is 2.19 bits per heavy atom. The summed E-state index contributed by atoms with van der Waals surface area (Å²) in [6.45, 7) is 3.51. The summed E-state index contributed by atoms with van der Waals surface area (Å²) in [5, 5.41) is 8.63. The minimum Gasteiger partial charge on any atom is -0.481 e. The van der Waals surface area contributed by atoms with Gasteiger partial charge >= 0.3 is 5.97 Å². The normalized spacial score (nSPS) is 18.9. The number of nitrogens with zero attached hydrogens (tertiary/aromatic N) is 1. The fourth-order valence-electron chi connectivity index (χ4n) is 2.12. The highest BCUT2D eigenvalue weighted by molar-refractivity contribution is 5.77. The average molecular weight is 227 g/mol. The second kappa shape index (κ2) is 6.51. The van der Waals surface area contributed by atoms with Gasteiger partial charge in [-0.2, -0.15) is 0 Å². The summed E-state index contributed by atoms with van der Waals surface area (Å²) in [6.07, 6.45) is 5.02. The summed E-state index contributed by atoms with van der Waals surface area (Å²) in [4.78, 5) is 24.3. The zero-order valence-corrected chi connectivity index (χ0v) is 9.95. The molecule has 16 heavy (non-hydrogen) atoms. The van der Waals surface area contributed by atoms with E-state index < -0.39 is 5.97 Å². The highest BCUT2D eigenvalue weighted by Gasteiger charge is 2.19. The average Bonchev–Trinajstić information content (AvgIpc) is 2.43. The molecule has 0 aliphatic carbocycles. The number of amides is 1. The Morgan fingerprint density at radius 1 is 1.12 bits per heavy atom. The Morgan fingerprint density at radius 2 is 1.69 bits per heavy atom. The predicted octanol–water partition coefficient (Wildman–Crippen LogP) is 1.89. The number of carboxylic acid groups (broad SMARTS) is 1. The van der Waals surface area contributed by atoms with Crippen molar-refractivity contribution < 1.29 is 14.7 Å². The Balaban J connectivity index is 2.34. The van der Waals surface area contributed by atoms with E-state index in [1.54, 1.807) is 0 Å². The van der Waals surface area contributed by atoms with E-state index in [0.29, 0.717) is 6.42 Å². The third-order valence-corrected chi connectivity index (χ3v) is 3.00. The number of likely N-dealkylation sites (tertiary alicyclic amines) is 1. The molecule has 1 aliphatic rings. The van der Waals surface area contributed by atoms with E-state index in [9.17, 15) is 9.59 Å². The van der Waals surface area contributed by atoms with Crippen LogP contribution in [0.25, 0.3) is 0 Å². The Bertz CT molecular complexity index is 245. The van der Waals surface area contributed by atoms with Gasteiger partial charge in [0.1, 0.15) is 0 Å². The lowest BCUT2D eigenvalue weighted by molar-refractivity contribution is -0.138. The van der Waals surface area contributed by atoms with E-state index in [1.807, 2.05) is 11.8 Å². The number of carbonyl (C=O) groups is 2. The molecule has 0 bridgehead atoms. The molecule has 1 N–H and O–H groups in total. The Kier molecular flexibility index (Phi) is 5.29. The molecule has 4 nitrogen and oxygen atoms in total. The predicted molar refractivity (Wildman–Crippen MR) is 61.1 cm³/mol. The van der Waals surface area contributed by atoms with Crippen molar-refractivity contribution in [1.29, 1.82) is 0 Å². The van der Waals surface area contributed by atoms with Gasteiger partial charge in [0, 0.05) is 25.9 Å². The Labute approximate surface area is 96.6 Å². The van der Waals surface area contributed by atoms with Crippen LogP contribution in [0.15, 0.2) is 0 Å². The van der Waals surface area contributed by atoms with Gasteiger partial charge in [0.2, 0.25) is 5.91 Å². The van der Waals surface area contributed by atoms with Gasteiger partial charge in [0.25, 0.3) is 0 Å². The van der Waals surface area contributed by atoms with Gasteiger partial charge in [0.15, 0.2) is 0 Å². The van der Waals surface area contributed by atoms with Gasteiger partial charge in [-0.05, 0) is 18.8 Å². The van der Waals surface area contributed by atoms with Crippen LogP contribution in [-0.4, -0.2) is 35.0 Å². The molecule has 0 saturated carbocycles. The quantitative estimate of drug-likeness (QED) is 0.798. The smallest absolute Gasteiger partial charge is 0.303 e. The molecular formula is C12H21NO3. The molecule has 1 rings (SSSR count). The van der Waals surface area contributed by atoms with Crippen molar-refractivity contribution in [2.45, 2.75) is 45.4 Å². The van der Waals surface area contributed by atoms with Crippen molar-refractivity contribution in [3.8, 4) is 0 Å². The third-order valence-electron chi connectivity index (χ3n) is 3.00. The molecule has 92 valence electrons. The van der Waals surface area contributed by atoms with Gasteiger partial charge in [-0.15, -0.1) is 0 Å². The fraction of sp³-hybridized carbons (Fsp3) is 0.833. The zero-order chi connectivity index (χ0) is 12.0. The molecule has 0 aromatic heterocycles. The van der Waals surface area contributed by atoms with Crippen molar-refractivity contribution >= 4 is 11.9 Å². The van der Waals surface area contributed by atoms with Crippen molar-refractivity contribution in [2.75, 3.05) is 13.1 Å². The van der Waals surface area contributed by atoms with E-state index in [0.717, 1.165) is 25.9 Å². The molecule has 0 aromatic carbocycles. The number of carbonyl (C=O) groups excluding carboxylic acids is 1. The van der Waals surface area contributed by atoms with Crippen LogP contribution in [0.4, 0.5) is 0 Å². The van der Waals surface area contributed by atoms with E-state index in [4.69, 9.17) is 5.11 Å². The maximum Gasteiger partial charge on any atom is 0.303 e. The highest BCUT2D eigenvalue weighted by Crippen LogP contribution is 2.14. The van der Waals surface area contributed by atoms with E-state index in [2.05, 4.69) is 0 Å². The monoisotopic (exact) mass is 227 g/mol. The number of hydrogen-bond acceptors (Lipinski definition) is 2. The summed E-state index contributed by atoms with van der Waals surface area (Å²) in [5.74, 6) is -0.764. The minimum absolute atomic E-state index is 0.0618. The van der Waals surface area contributed by atoms with Crippen LogP contribution in [0.3, 0.4) is 0 Å². The molecule has 1 aliphatic heterocycles. The van der Waals surface area contributed by atoms with Crippen LogP contribution < -0.4 is 0 Å². The first kappa shape index (κ1) is 13.0. The fourth-order valence-corrected chi connectivity index (χ4v) is 2.12. The SMILES string of the molecule is CC(CC(=O)O)CC(=O)N1CCCCCC1. The molecule has 1 saturated heterocycles. The van der Waals surface area contributed by atoms with E-state index in [1.165, 1.54) is 12.8 Å². The van der Waals surface area contributed by atoms with Crippen molar-refractivity contribution in [2.24, 2.45) is 5.92 Å². The molecule has 0 aromatic rings. The summed E-state index contributed by atoms with van der Waals surface area (Å²) in [6, 6.07) is 0. The standard InChI is InChI=1S/C12H21NO3/c1-10(9-12(15)16)8-11(14)13-6-4-2-3-5-7-13/h10H,2-9H2,1H3,(H,15,16). The number of hydrogen-bond donors (Lipinski definition) is 1. The molecule has 1 atom stereocenters. The van der Waals surface area contributed by atoms with E-state index >= 15 is 0 Å². The van der Waals surface area contributed by atoms with Gasteiger partial charge in [-0.25, -0.2) is 0 Å². The molecule has 1 amide bonds. The summed E-state index contributed by atoms with van der Waals surface area (Å²) >= 11 is 0. The number of aliphatic carboxylic acids is 1. The summed E-state index contributed by atoms with van der Waals surface area (Å²) in [5.41, 5.74) is 0. The van der Waals surface area contributed by atoms with Crippen LogP contribution in [0, 0.1) is 5.92 Å². The molecule has 0 spiro atoms. The van der Waals surface area contributed by atoms with Gasteiger partial charge in [-0.1, -0.05) is 19.8 Å². The minimum atomic E-state index is -0.823. The topological polar surface area (TPSA) is 57.6 Å². The molecular weight excluding hydrogens is 206 g/mol. The van der Waals surface area contributed by atoms with Gasteiger partial charge in [0.05, 0.1) is 0 Å². The lowest BCUT2D eigenvalue weighted by Gasteiger charge is -2.21. The van der Waals surface area contributed by atoms with Crippen molar-refractivity contribution in [1.82, 2.24) is 4.90 Å². The maximum absolute atomic E-state index is 11.9. The molecule has 1 unspecified atom stereocenters. The van der Waals surface area contributed by atoms with E-state index in [-0.39, 0.29) is 18.2 Å². The van der Waals surface area contributed by atoms with Crippen LogP contribution in [0.5, 0.6) is 0 Å². The van der Waals surface area contributed by atoms with Crippen LogP contribution in [0.1, 0.15) is 45.4 Å². The van der Waals surface area contributed by atoms with Crippen LogP contribution in [-0.2, 0) is 9.59 Å². The second-order valence-electron chi connectivity index (χ2n) is 4.70. The highest BCUT2D eigenvalue weighted by atomic mass is 16.4. The first-order valence-electron chi connectivity index (χ1n) is 6.09. The maximum atomic E-state index is 11.9. The summed E-state index contributed by atoms with van der Waals surface area (Å²) in [7, 11) is 0. The molecule has 0 radical (unpaired) electrons. The molecule has 1 fully saturated rings. The summed E-state index contributed by atoms with van der Waals surface area (Å²) < 4.78 is 0. The van der Waals surface area contributed by atoms with Crippen molar-refractivity contribution in [3.63, 3.8) is 0 Å². The second-order valence-corrected chi connectivity index (χ2v) is 4.70. The van der Waals surface area contributed by atoms with Crippen LogP contribution >= 0.6 is 0 Å². The number of carboxylic acids is 1. The lowest BCUT2D eigenvalue weighted by Crippen LogP contribution is -2.33. The molecule has 4 heteroatoms.